The molecule has 0 fully saturated rings. The van der Waals surface area contributed by atoms with E-state index in [0.717, 1.165) is 30.6 Å². The number of hydrogen-bond donors (Lipinski definition) is 1. The molecule has 0 heterocycles. The lowest BCUT2D eigenvalue weighted by Crippen LogP contribution is -2.23. The van der Waals surface area contributed by atoms with Crippen molar-refractivity contribution in [1.29, 1.82) is 0 Å². The van der Waals surface area contributed by atoms with Crippen molar-refractivity contribution in [1.82, 2.24) is 5.32 Å². The van der Waals surface area contributed by atoms with Crippen LogP contribution in [0.15, 0.2) is 42.5 Å². The summed E-state index contributed by atoms with van der Waals surface area (Å²) in [5.41, 5.74) is 1.52. The van der Waals surface area contributed by atoms with E-state index in [0.29, 0.717) is 30.2 Å². The molecule has 0 aliphatic rings. The van der Waals surface area contributed by atoms with Crippen molar-refractivity contribution in [3.63, 3.8) is 0 Å². The monoisotopic (exact) mass is 385 g/mol. The molecule has 0 aliphatic carbocycles. The number of nitrogens with one attached hydrogen (secondary N) is 1. The fourth-order valence-corrected chi connectivity index (χ4v) is 2.58. The molecule has 2 aromatic carbocycles. The molecule has 0 aromatic heterocycles. The van der Waals surface area contributed by atoms with E-state index in [-0.39, 0.29) is 12.0 Å². The van der Waals surface area contributed by atoms with Gasteiger partial charge in [-0.05, 0) is 55.7 Å². The Labute approximate surface area is 168 Å². The fraction of sp³-hybridized carbons (Fsp3) is 0.435. The average Bonchev–Trinajstić information content (AvgIpc) is 2.72. The lowest BCUT2D eigenvalue weighted by Gasteiger charge is -2.14. The predicted molar refractivity (Wildman–Crippen MR) is 111 cm³/mol. The molecule has 28 heavy (non-hydrogen) atoms. The molecule has 0 aliphatic heterocycles. The van der Waals surface area contributed by atoms with E-state index in [1.807, 2.05) is 37.3 Å². The van der Waals surface area contributed by atoms with Crippen LogP contribution in [-0.2, 0) is 6.54 Å². The van der Waals surface area contributed by atoms with Crippen LogP contribution < -0.4 is 19.5 Å². The van der Waals surface area contributed by atoms with Crippen molar-refractivity contribution in [3.8, 4) is 17.2 Å². The van der Waals surface area contributed by atoms with Crippen LogP contribution in [-0.4, -0.2) is 25.7 Å². The number of hydrogen-bond acceptors (Lipinski definition) is 4. The first-order chi connectivity index (χ1) is 13.6. The second kappa shape index (κ2) is 11.2. The number of carbonyl (C=O) groups excluding carboxylic acids is 1. The third-order valence-electron chi connectivity index (χ3n) is 4.44. The summed E-state index contributed by atoms with van der Waals surface area (Å²) >= 11 is 0. The van der Waals surface area contributed by atoms with Gasteiger partial charge in [0.25, 0.3) is 5.91 Å². The van der Waals surface area contributed by atoms with Crippen LogP contribution in [0.2, 0.25) is 0 Å². The van der Waals surface area contributed by atoms with Crippen LogP contribution in [0.5, 0.6) is 17.2 Å². The highest BCUT2D eigenvalue weighted by atomic mass is 16.5. The molecule has 1 atom stereocenters. The van der Waals surface area contributed by atoms with Crippen molar-refractivity contribution in [2.75, 3.05) is 13.7 Å². The first-order valence-corrected chi connectivity index (χ1v) is 9.92. The first-order valence-electron chi connectivity index (χ1n) is 9.92. The normalized spacial score (nSPS) is 11.6. The molecule has 2 aromatic rings. The molecule has 0 radical (unpaired) electrons. The SMILES string of the molecule is CCCCOc1ccc(CNC(=O)c2cccc(OC(C)CC)c2)cc1OC. The zero-order chi connectivity index (χ0) is 20.4. The van der Waals surface area contributed by atoms with Crippen molar-refractivity contribution >= 4 is 5.91 Å². The number of ether oxygens (including phenoxy) is 3. The molecular weight excluding hydrogens is 354 g/mol. The molecule has 0 saturated carbocycles. The lowest BCUT2D eigenvalue weighted by molar-refractivity contribution is 0.0950. The van der Waals surface area contributed by atoms with Crippen molar-refractivity contribution in [3.05, 3.63) is 53.6 Å². The Bertz CT molecular complexity index is 760. The number of rotatable bonds is 11. The Morgan fingerprint density at radius 1 is 1.11 bits per heavy atom. The lowest BCUT2D eigenvalue weighted by atomic mass is 10.1. The molecule has 1 N–H and O–H groups in total. The van der Waals surface area contributed by atoms with Gasteiger partial charge in [0.1, 0.15) is 5.75 Å². The second-order valence-electron chi connectivity index (χ2n) is 6.73. The van der Waals surface area contributed by atoms with Gasteiger partial charge < -0.3 is 19.5 Å². The quantitative estimate of drug-likeness (QED) is 0.554. The van der Waals surface area contributed by atoms with E-state index in [1.165, 1.54) is 0 Å². The summed E-state index contributed by atoms with van der Waals surface area (Å²) in [7, 11) is 1.62. The molecule has 2 rings (SSSR count). The van der Waals surface area contributed by atoms with Crippen LogP contribution >= 0.6 is 0 Å². The zero-order valence-electron chi connectivity index (χ0n) is 17.3. The highest BCUT2D eigenvalue weighted by Crippen LogP contribution is 2.28. The maximum atomic E-state index is 12.5. The highest BCUT2D eigenvalue weighted by molar-refractivity contribution is 5.94. The summed E-state index contributed by atoms with van der Waals surface area (Å²) in [6, 6.07) is 13.0. The Morgan fingerprint density at radius 2 is 1.93 bits per heavy atom. The molecule has 1 amide bonds. The Morgan fingerprint density at radius 3 is 2.64 bits per heavy atom. The number of carbonyl (C=O) groups is 1. The smallest absolute Gasteiger partial charge is 0.251 e. The summed E-state index contributed by atoms with van der Waals surface area (Å²) in [4.78, 5) is 12.5. The molecule has 0 saturated heterocycles. The number of amides is 1. The summed E-state index contributed by atoms with van der Waals surface area (Å²) in [5.74, 6) is 1.96. The largest absolute Gasteiger partial charge is 0.493 e. The van der Waals surface area contributed by atoms with Crippen LogP contribution in [0.4, 0.5) is 0 Å². The van der Waals surface area contributed by atoms with Gasteiger partial charge in [0.2, 0.25) is 0 Å². The third kappa shape index (κ3) is 6.48. The van der Waals surface area contributed by atoms with Crippen molar-refractivity contribution < 1.29 is 19.0 Å². The second-order valence-corrected chi connectivity index (χ2v) is 6.73. The zero-order valence-corrected chi connectivity index (χ0v) is 17.3. The van der Waals surface area contributed by atoms with Gasteiger partial charge in [-0.1, -0.05) is 32.4 Å². The minimum atomic E-state index is -0.142. The predicted octanol–water partition coefficient (Wildman–Crippen LogP) is 4.98. The van der Waals surface area contributed by atoms with E-state index < -0.39 is 0 Å². The maximum absolute atomic E-state index is 12.5. The molecule has 0 spiro atoms. The van der Waals surface area contributed by atoms with Gasteiger partial charge in [-0.25, -0.2) is 0 Å². The van der Waals surface area contributed by atoms with Crippen molar-refractivity contribution in [2.24, 2.45) is 0 Å². The number of methoxy groups -OCH3 is 1. The van der Waals surface area contributed by atoms with Crippen LogP contribution in [0.3, 0.4) is 0 Å². The molecule has 152 valence electrons. The average molecular weight is 386 g/mol. The van der Waals surface area contributed by atoms with E-state index in [1.54, 1.807) is 19.2 Å². The van der Waals surface area contributed by atoms with Gasteiger partial charge >= 0.3 is 0 Å². The Balaban J connectivity index is 1.97. The summed E-state index contributed by atoms with van der Waals surface area (Å²) in [6.07, 6.45) is 3.11. The summed E-state index contributed by atoms with van der Waals surface area (Å²) in [5, 5.41) is 2.94. The van der Waals surface area contributed by atoms with Gasteiger partial charge in [0, 0.05) is 12.1 Å². The molecule has 5 nitrogen and oxygen atoms in total. The third-order valence-corrected chi connectivity index (χ3v) is 4.44. The molecular formula is C23H31NO4. The van der Waals surface area contributed by atoms with E-state index in [2.05, 4.69) is 19.2 Å². The molecule has 5 heteroatoms. The number of unbranched alkanes of at least 4 members (excludes halogenated alkanes) is 1. The van der Waals surface area contributed by atoms with Crippen LogP contribution in [0.1, 0.15) is 56.0 Å². The summed E-state index contributed by atoms with van der Waals surface area (Å²) in [6.45, 7) is 7.27. The van der Waals surface area contributed by atoms with Gasteiger partial charge in [-0.2, -0.15) is 0 Å². The standard InChI is InChI=1S/C23H31NO4/c1-5-7-13-27-21-12-11-18(14-22(21)26-4)16-24-23(25)19-9-8-10-20(15-19)28-17(3)6-2/h8-12,14-15,17H,5-7,13,16H2,1-4H3,(H,24,25). The van der Waals surface area contributed by atoms with E-state index >= 15 is 0 Å². The van der Waals surface area contributed by atoms with Gasteiger partial charge in [-0.3, -0.25) is 4.79 Å². The minimum absolute atomic E-state index is 0.115. The Kier molecular flexibility index (Phi) is 8.66. The highest BCUT2D eigenvalue weighted by Gasteiger charge is 2.10. The molecule has 1 unspecified atom stereocenters. The van der Waals surface area contributed by atoms with E-state index in [9.17, 15) is 4.79 Å². The minimum Gasteiger partial charge on any atom is -0.493 e. The summed E-state index contributed by atoms with van der Waals surface area (Å²) < 4.78 is 17.0. The topological polar surface area (TPSA) is 56.8 Å². The van der Waals surface area contributed by atoms with Gasteiger partial charge in [0.05, 0.1) is 19.8 Å². The van der Waals surface area contributed by atoms with Crippen LogP contribution in [0.25, 0.3) is 0 Å². The van der Waals surface area contributed by atoms with Gasteiger partial charge in [-0.15, -0.1) is 0 Å². The Hall–Kier alpha value is -2.69. The van der Waals surface area contributed by atoms with E-state index in [4.69, 9.17) is 14.2 Å². The fourth-order valence-electron chi connectivity index (χ4n) is 2.58. The van der Waals surface area contributed by atoms with Gasteiger partial charge in [0.15, 0.2) is 11.5 Å². The molecule has 0 bridgehead atoms. The van der Waals surface area contributed by atoms with Crippen LogP contribution in [0, 0.1) is 0 Å². The number of benzene rings is 2. The maximum Gasteiger partial charge on any atom is 0.251 e. The van der Waals surface area contributed by atoms with Crippen molar-refractivity contribution in [2.45, 2.75) is 52.7 Å². The first kappa shape index (κ1) is 21.6.